The second-order valence-electron chi connectivity index (χ2n) is 3.19. The Kier molecular flexibility index (Phi) is 3.34. The van der Waals surface area contributed by atoms with E-state index in [1.54, 1.807) is 11.0 Å². The summed E-state index contributed by atoms with van der Waals surface area (Å²) in [4.78, 5) is 3.87. The molecule has 0 spiro atoms. The van der Waals surface area contributed by atoms with Crippen LogP contribution in [0.25, 0.3) is 11.8 Å². The van der Waals surface area contributed by atoms with Crippen LogP contribution in [0.2, 0.25) is 5.02 Å². The number of hydrogen-bond acceptors (Lipinski definition) is 3. The van der Waals surface area contributed by atoms with Gasteiger partial charge in [-0.15, -0.1) is 0 Å². The minimum Gasteiger partial charge on any atom is -0.327 e. The quantitative estimate of drug-likeness (QED) is 0.883. The maximum absolute atomic E-state index is 6.15. The van der Waals surface area contributed by atoms with E-state index in [1.165, 1.54) is 6.33 Å². The van der Waals surface area contributed by atoms with Crippen LogP contribution in [-0.4, -0.2) is 21.3 Å². The van der Waals surface area contributed by atoms with Crippen LogP contribution < -0.4 is 5.73 Å². The van der Waals surface area contributed by atoms with E-state index >= 15 is 0 Å². The van der Waals surface area contributed by atoms with E-state index in [9.17, 15) is 0 Å². The third-order valence-electron chi connectivity index (χ3n) is 2.08. The lowest BCUT2D eigenvalue weighted by atomic mass is 10.2. The SMILES string of the molecule is NC/C=C/c1ccc(-n2cncn2)c(Cl)c1. The van der Waals surface area contributed by atoms with E-state index in [-0.39, 0.29) is 0 Å². The molecule has 0 aliphatic carbocycles. The molecule has 0 radical (unpaired) electrons. The van der Waals surface area contributed by atoms with E-state index in [1.807, 2.05) is 30.4 Å². The van der Waals surface area contributed by atoms with Gasteiger partial charge in [0.2, 0.25) is 0 Å². The molecule has 1 heterocycles. The molecule has 0 aliphatic rings. The Balaban J connectivity index is 2.34. The number of benzene rings is 1. The molecule has 2 aromatic rings. The predicted octanol–water partition coefficient (Wildman–Crippen LogP) is 1.89. The van der Waals surface area contributed by atoms with Gasteiger partial charge in [-0.3, -0.25) is 0 Å². The molecule has 5 heteroatoms. The zero-order valence-corrected chi connectivity index (χ0v) is 9.30. The predicted molar refractivity (Wildman–Crippen MR) is 64.5 cm³/mol. The summed E-state index contributed by atoms with van der Waals surface area (Å²) >= 11 is 6.15. The van der Waals surface area contributed by atoms with Crippen molar-refractivity contribution in [1.82, 2.24) is 14.8 Å². The van der Waals surface area contributed by atoms with Gasteiger partial charge < -0.3 is 5.73 Å². The molecule has 1 aromatic carbocycles. The van der Waals surface area contributed by atoms with Crippen LogP contribution in [0.1, 0.15) is 5.56 Å². The summed E-state index contributed by atoms with van der Waals surface area (Å²) in [7, 11) is 0. The number of halogens is 1. The Morgan fingerprint density at radius 3 is 2.94 bits per heavy atom. The van der Waals surface area contributed by atoms with Gasteiger partial charge in [-0.05, 0) is 17.7 Å². The molecule has 0 unspecified atom stereocenters. The molecule has 0 fully saturated rings. The summed E-state index contributed by atoms with van der Waals surface area (Å²) in [6, 6.07) is 5.72. The Morgan fingerprint density at radius 1 is 1.44 bits per heavy atom. The molecular formula is C11H11ClN4. The first-order valence-electron chi connectivity index (χ1n) is 4.82. The van der Waals surface area contributed by atoms with Crippen molar-refractivity contribution >= 4 is 17.7 Å². The van der Waals surface area contributed by atoms with Gasteiger partial charge in [0.05, 0.1) is 10.7 Å². The average Bonchev–Trinajstić information content (AvgIpc) is 2.80. The standard InChI is InChI=1S/C11H11ClN4/c12-10-6-9(2-1-5-13)3-4-11(10)16-8-14-7-15-16/h1-4,6-8H,5,13H2/b2-1+. The fraction of sp³-hybridized carbons (Fsp3) is 0.0909. The molecule has 0 bridgehead atoms. The van der Waals surface area contributed by atoms with E-state index in [0.29, 0.717) is 11.6 Å². The Morgan fingerprint density at radius 2 is 2.31 bits per heavy atom. The fourth-order valence-corrected chi connectivity index (χ4v) is 1.62. The van der Waals surface area contributed by atoms with Crippen molar-refractivity contribution in [3.63, 3.8) is 0 Å². The van der Waals surface area contributed by atoms with Crippen molar-refractivity contribution in [2.24, 2.45) is 5.73 Å². The van der Waals surface area contributed by atoms with Crippen molar-refractivity contribution in [2.45, 2.75) is 0 Å². The van der Waals surface area contributed by atoms with Gasteiger partial charge in [0.25, 0.3) is 0 Å². The van der Waals surface area contributed by atoms with E-state index in [2.05, 4.69) is 10.1 Å². The minimum atomic E-state index is 0.516. The number of nitrogens with zero attached hydrogens (tertiary/aromatic N) is 3. The first-order valence-corrected chi connectivity index (χ1v) is 5.20. The summed E-state index contributed by atoms with van der Waals surface area (Å²) in [6.45, 7) is 0.516. The fourth-order valence-electron chi connectivity index (χ4n) is 1.35. The van der Waals surface area contributed by atoms with Gasteiger partial charge in [-0.1, -0.05) is 29.8 Å². The second-order valence-corrected chi connectivity index (χ2v) is 3.60. The summed E-state index contributed by atoms with van der Waals surface area (Å²) in [5.74, 6) is 0. The summed E-state index contributed by atoms with van der Waals surface area (Å²) in [5.41, 5.74) is 7.20. The van der Waals surface area contributed by atoms with E-state index in [0.717, 1.165) is 11.3 Å². The molecular weight excluding hydrogens is 224 g/mol. The number of hydrogen-bond donors (Lipinski definition) is 1. The summed E-state index contributed by atoms with van der Waals surface area (Å²) in [6.07, 6.45) is 6.88. The van der Waals surface area contributed by atoms with E-state index in [4.69, 9.17) is 17.3 Å². The largest absolute Gasteiger partial charge is 0.327 e. The highest BCUT2D eigenvalue weighted by Crippen LogP contribution is 2.21. The maximum atomic E-state index is 6.15. The number of rotatable bonds is 3. The molecule has 16 heavy (non-hydrogen) atoms. The highest BCUT2D eigenvalue weighted by atomic mass is 35.5. The van der Waals surface area contributed by atoms with Gasteiger partial charge in [0, 0.05) is 6.54 Å². The lowest BCUT2D eigenvalue weighted by molar-refractivity contribution is 0.879. The normalized spacial score (nSPS) is 11.1. The third kappa shape index (κ3) is 2.29. The molecule has 0 saturated heterocycles. The minimum absolute atomic E-state index is 0.516. The zero-order valence-electron chi connectivity index (χ0n) is 8.55. The van der Waals surface area contributed by atoms with Gasteiger partial charge >= 0.3 is 0 Å². The van der Waals surface area contributed by atoms with Gasteiger partial charge in [-0.25, -0.2) is 9.67 Å². The third-order valence-corrected chi connectivity index (χ3v) is 2.39. The van der Waals surface area contributed by atoms with Crippen LogP contribution in [0.15, 0.2) is 36.9 Å². The Hall–Kier alpha value is -1.65. The average molecular weight is 235 g/mol. The first-order chi connectivity index (χ1) is 7.81. The monoisotopic (exact) mass is 234 g/mol. The van der Waals surface area contributed by atoms with Crippen LogP contribution in [0.3, 0.4) is 0 Å². The Labute approximate surface area is 98.4 Å². The van der Waals surface area contributed by atoms with Crippen LogP contribution >= 0.6 is 11.6 Å². The zero-order chi connectivity index (χ0) is 11.4. The van der Waals surface area contributed by atoms with Crippen molar-refractivity contribution in [1.29, 1.82) is 0 Å². The maximum Gasteiger partial charge on any atom is 0.138 e. The molecule has 82 valence electrons. The van der Waals surface area contributed by atoms with Crippen molar-refractivity contribution < 1.29 is 0 Å². The van der Waals surface area contributed by atoms with Crippen molar-refractivity contribution in [2.75, 3.05) is 6.54 Å². The first kappa shape index (κ1) is 10.9. The molecule has 2 rings (SSSR count). The van der Waals surface area contributed by atoms with Crippen molar-refractivity contribution in [3.8, 4) is 5.69 Å². The van der Waals surface area contributed by atoms with Crippen LogP contribution in [0.4, 0.5) is 0 Å². The van der Waals surface area contributed by atoms with Gasteiger partial charge in [0.15, 0.2) is 0 Å². The summed E-state index contributed by atoms with van der Waals surface area (Å²) in [5, 5.41) is 4.65. The number of nitrogens with two attached hydrogens (primary N) is 1. The van der Waals surface area contributed by atoms with Crippen LogP contribution in [0, 0.1) is 0 Å². The number of aromatic nitrogens is 3. The van der Waals surface area contributed by atoms with Crippen molar-refractivity contribution in [3.05, 3.63) is 47.5 Å². The lowest BCUT2D eigenvalue weighted by Crippen LogP contribution is -1.95. The van der Waals surface area contributed by atoms with Crippen LogP contribution in [0.5, 0.6) is 0 Å². The summed E-state index contributed by atoms with van der Waals surface area (Å²) < 4.78 is 1.62. The van der Waals surface area contributed by atoms with Crippen LogP contribution in [-0.2, 0) is 0 Å². The highest BCUT2D eigenvalue weighted by Gasteiger charge is 2.03. The second kappa shape index (κ2) is 4.92. The molecule has 0 saturated carbocycles. The smallest absolute Gasteiger partial charge is 0.138 e. The Bertz CT molecular complexity index is 491. The molecule has 0 aliphatic heterocycles. The molecule has 0 amide bonds. The highest BCUT2D eigenvalue weighted by molar-refractivity contribution is 6.32. The molecule has 4 nitrogen and oxygen atoms in total. The molecule has 0 atom stereocenters. The van der Waals surface area contributed by atoms with E-state index < -0.39 is 0 Å². The van der Waals surface area contributed by atoms with Gasteiger partial charge in [0.1, 0.15) is 12.7 Å². The lowest BCUT2D eigenvalue weighted by Gasteiger charge is -2.04. The van der Waals surface area contributed by atoms with Gasteiger partial charge in [-0.2, -0.15) is 5.10 Å². The topological polar surface area (TPSA) is 56.7 Å². The molecule has 2 N–H and O–H groups in total. The molecule has 1 aromatic heterocycles.